The van der Waals surface area contributed by atoms with Gasteiger partial charge in [-0.2, -0.15) is 0 Å². The molecule has 1 saturated heterocycles. The average molecular weight is 283 g/mol. The number of oxazole rings is 1. The number of carbonyl (C=O) groups excluding carboxylic acids is 1. The molecule has 1 fully saturated rings. The van der Waals surface area contributed by atoms with Gasteiger partial charge in [0.25, 0.3) is 0 Å². The maximum absolute atomic E-state index is 10.9. The highest BCUT2D eigenvalue weighted by molar-refractivity contribution is 5.85. The molecule has 0 aliphatic carbocycles. The molecular formula is C10H16Cl2N2O3. The van der Waals surface area contributed by atoms with E-state index in [1.807, 2.05) is 0 Å². The average Bonchev–Trinajstić information content (AvgIpc) is 2.60. The molecule has 1 N–H and O–H groups in total. The lowest BCUT2D eigenvalue weighted by Crippen LogP contribution is -2.40. The lowest BCUT2D eigenvalue weighted by Gasteiger charge is -2.23. The number of carbonyl (C=O) groups is 1. The lowest BCUT2D eigenvalue weighted by molar-refractivity contribution is -0.140. The number of esters is 1. The molecule has 1 aromatic rings. The topological polar surface area (TPSA) is 64.4 Å². The number of rotatable bonds is 4. The fraction of sp³-hybridized carbons (Fsp3) is 0.600. The van der Waals surface area contributed by atoms with Crippen LogP contribution in [0.5, 0.6) is 0 Å². The zero-order chi connectivity index (χ0) is 10.7. The number of hydrogen-bond donors (Lipinski definition) is 1. The van der Waals surface area contributed by atoms with Crippen LogP contribution in [0, 0.1) is 0 Å². The van der Waals surface area contributed by atoms with Crippen molar-refractivity contribution in [2.75, 3.05) is 20.2 Å². The summed E-state index contributed by atoms with van der Waals surface area (Å²) < 4.78 is 10.1. The summed E-state index contributed by atoms with van der Waals surface area (Å²) in [4.78, 5) is 15.1. The van der Waals surface area contributed by atoms with Gasteiger partial charge in [0, 0.05) is 19.5 Å². The molecular weight excluding hydrogens is 267 g/mol. The highest BCUT2D eigenvalue weighted by Crippen LogP contribution is 2.19. The molecule has 0 bridgehead atoms. The summed E-state index contributed by atoms with van der Waals surface area (Å²) in [6.07, 6.45) is 2.59. The Morgan fingerprint density at radius 1 is 1.59 bits per heavy atom. The third-order valence-corrected chi connectivity index (χ3v) is 2.51. The van der Waals surface area contributed by atoms with Crippen molar-refractivity contribution >= 4 is 30.8 Å². The van der Waals surface area contributed by atoms with Gasteiger partial charge in [0.1, 0.15) is 5.76 Å². The molecule has 98 valence electrons. The van der Waals surface area contributed by atoms with Gasteiger partial charge in [-0.3, -0.25) is 4.79 Å². The number of nitrogens with zero attached hydrogens (tertiary/aromatic N) is 1. The molecule has 0 atom stereocenters. The predicted molar refractivity (Wildman–Crippen MR) is 66.9 cm³/mol. The van der Waals surface area contributed by atoms with E-state index < -0.39 is 0 Å². The molecule has 1 aliphatic heterocycles. The van der Waals surface area contributed by atoms with E-state index in [0.29, 0.717) is 18.8 Å². The monoisotopic (exact) mass is 282 g/mol. The van der Waals surface area contributed by atoms with Gasteiger partial charge in [0.15, 0.2) is 5.89 Å². The third kappa shape index (κ3) is 4.18. The number of aryl methyl sites for hydroxylation is 1. The van der Waals surface area contributed by atoms with Gasteiger partial charge in [-0.25, -0.2) is 4.98 Å². The summed E-state index contributed by atoms with van der Waals surface area (Å²) in [5, 5.41) is 3.15. The summed E-state index contributed by atoms with van der Waals surface area (Å²) in [5.41, 5.74) is 0. The van der Waals surface area contributed by atoms with Crippen LogP contribution in [0.1, 0.15) is 24.0 Å². The molecule has 1 aliphatic rings. The van der Waals surface area contributed by atoms with Gasteiger partial charge in [-0.1, -0.05) is 0 Å². The van der Waals surface area contributed by atoms with Crippen molar-refractivity contribution in [3.63, 3.8) is 0 Å². The van der Waals surface area contributed by atoms with Crippen molar-refractivity contribution in [1.82, 2.24) is 10.3 Å². The lowest BCUT2D eigenvalue weighted by atomic mass is 10.0. The van der Waals surface area contributed by atoms with Crippen molar-refractivity contribution < 1.29 is 13.9 Å². The second kappa shape index (κ2) is 7.53. The Morgan fingerprint density at radius 2 is 2.29 bits per heavy atom. The van der Waals surface area contributed by atoms with E-state index in [-0.39, 0.29) is 30.8 Å². The third-order valence-electron chi connectivity index (χ3n) is 2.51. The summed E-state index contributed by atoms with van der Waals surface area (Å²) >= 11 is 0. The Balaban J connectivity index is 0.00000128. The van der Waals surface area contributed by atoms with Crippen LogP contribution in [0.25, 0.3) is 0 Å². The number of halogens is 2. The van der Waals surface area contributed by atoms with Crippen molar-refractivity contribution in [2.24, 2.45) is 0 Å². The first-order valence-corrected chi connectivity index (χ1v) is 5.01. The molecule has 0 unspecified atom stereocenters. The van der Waals surface area contributed by atoms with Crippen LogP contribution < -0.4 is 5.32 Å². The molecule has 0 amide bonds. The second-order valence-electron chi connectivity index (χ2n) is 3.60. The molecule has 2 rings (SSSR count). The highest BCUT2D eigenvalue weighted by Gasteiger charge is 2.23. The minimum atomic E-state index is -0.224. The first-order valence-electron chi connectivity index (χ1n) is 5.01. The molecule has 7 heteroatoms. The second-order valence-corrected chi connectivity index (χ2v) is 3.60. The van der Waals surface area contributed by atoms with Gasteiger partial charge >= 0.3 is 5.97 Å². The van der Waals surface area contributed by atoms with Crippen molar-refractivity contribution in [1.29, 1.82) is 0 Å². The number of nitrogens with one attached hydrogen (secondary N) is 1. The van der Waals surface area contributed by atoms with Crippen LogP contribution in [0.2, 0.25) is 0 Å². The van der Waals surface area contributed by atoms with Crippen LogP contribution >= 0.6 is 24.8 Å². The molecule has 0 radical (unpaired) electrons. The minimum Gasteiger partial charge on any atom is -0.469 e. The quantitative estimate of drug-likeness (QED) is 0.844. The minimum absolute atomic E-state index is 0. The van der Waals surface area contributed by atoms with E-state index >= 15 is 0 Å². The number of hydrogen-bond acceptors (Lipinski definition) is 5. The Labute approximate surface area is 112 Å². The van der Waals surface area contributed by atoms with Gasteiger partial charge in [0.2, 0.25) is 0 Å². The van der Waals surface area contributed by atoms with Crippen molar-refractivity contribution in [3.8, 4) is 0 Å². The van der Waals surface area contributed by atoms with Crippen molar-refractivity contribution in [2.45, 2.75) is 18.8 Å². The molecule has 0 saturated carbocycles. The zero-order valence-electron chi connectivity index (χ0n) is 9.47. The first kappa shape index (κ1) is 16.2. The van der Waals surface area contributed by atoms with E-state index in [4.69, 9.17) is 4.42 Å². The van der Waals surface area contributed by atoms with E-state index in [1.165, 1.54) is 7.11 Å². The summed E-state index contributed by atoms with van der Waals surface area (Å²) in [5.74, 6) is 1.70. The van der Waals surface area contributed by atoms with Crippen LogP contribution in [0.15, 0.2) is 10.6 Å². The number of ether oxygens (including phenoxy) is 1. The molecule has 0 spiro atoms. The fourth-order valence-electron chi connectivity index (χ4n) is 1.42. The Bertz CT molecular complexity index is 353. The van der Waals surface area contributed by atoms with Crippen LogP contribution in [-0.4, -0.2) is 31.2 Å². The molecule has 5 nitrogen and oxygen atoms in total. The van der Waals surface area contributed by atoms with Crippen LogP contribution in [0.3, 0.4) is 0 Å². The molecule has 2 heterocycles. The Morgan fingerprint density at radius 3 is 2.82 bits per heavy atom. The first-order chi connectivity index (χ1) is 7.29. The fourth-order valence-corrected chi connectivity index (χ4v) is 1.42. The van der Waals surface area contributed by atoms with Gasteiger partial charge in [0.05, 0.1) is 25.6 Å². The van der Waals surface area contributed by atoms with E-state index in [0.717, 1.165) is 24.7 Å². The van der Waals surface area contributed by atoms with Crippen molar-refractivity contribution in [3.05, 3.63) is 17.8 Å². The van der Waals surface area contributed by atoms with Gasteiger partial charge < -0.3 is 14.5 Å². The summed E-state index contributed by atoms with van der Waals surface area (Å²) in [6.45, 7) is 1.86. The SMILES string of the molecule is COC(=O)CCc1cnc(C2CNC2)o1.Cl.Cl. The largest absolute Gasteiger partial charge is 0.469 e. The Kier molecular flexibility index (Phi) is 7.18. The number of methoxy groups -OCH3 is 1. The maximum Gasteiger partial charge on any atom is 0.305 e. The van der Waals surface area contributed by atoms with E-state index in [9.17, 15) is 4.79 Å². The Hall–Kier alpha value is -0.780. The summed E-state index contributed by atoms with van der Waals surface area (Å²) in [7, 11) is 1.38. The molecule has 1 aromatic heterocycles. The number of aromatic nitrogens is 1. The maximum atomic E-state index is 10.9. The molecule has 17 heavy (non-hydrogen) atoms. The van der Waals surface area contributed by atoms with Gasteiger partial charge in [-0.15, -0.1) is 24.8 Å². The standard InChI is InChI=1S/C10H14N2O3.2ClH/c1-14-9(13)3-2-8-6-12-10(15-8)7-4-11-5-7;;/h6-7,11H,2-5H2,1H3;2*1H. The normalized spacial score (nSPS) is 14.2. The summed E-state index contributed by atoms with van der Waals surface area (Å²) in [6, 6.07) is 0. The van der Waals surface area contributed by atoms with Gasteiger partial charge in [-0.05, 0) is 0 Å². The highest BCUT2D eigenvalue weighted by atomic mass is 35.5. The van der Waals surface area contributed by atoms with E-state index in [2.05, 4.69) is 15.0 Å². The zero-order valence-corrected chi connectivity index (χ0v) is 11.1. The van der Waals surface area contributed by atoms with Crippen LogP contribution in [-0.2, 0) is 16.0 Å². The smallest absolute Gasteiger partial charge is 0.305 e. The van der Waals surface area contributed by atoms with Crippen LogP contribution in [0.4, 0.5) is 0 Å². The van der Waals surface area contributed by atoms with E-state index in [1.54, 1.807) is 6.20 Å². The predicted octanol–water partition coefficient (Wildman–Crippen LogP) is 1.31. The molecule has 0 aromatic carbocycles.